The zero-order chi connectivity index (χ0) is 57.5. The van der Waals surface area contributed by atoms with Crippen molar-refractivity contribution >= 4 is 41.4 Å². The van der Waals surface area contributed by atoms with Gasteiger partial charge in [-0.2, -0.15) is 0 Å². The molecule has 17 nitrogen and oxygen atoms in total. The third-order valence-electron chi connectivity index (χ3n) is 16.1. The average molecular weight is 1080 g/mol. The number of aryl methyl sites for hydroxylation is 1. The molecule has 5 unspecified atom stereocenters. The van der Waals surface area contributed by atoms with Crippen molar-refractivity contribution in [2.75, 3.05) is 27.7 Å². The highest BCUT2D eigenvalue weighted by atomic mass is 16.5. The third-order valence-corrected chi connectivity index (χ3v) is 16.1. The summed E-state index contributed by atoms with van der Waals surface area (Å²) < 4.78 is 5.81. The fourth-order valence-corrected chi connectivity index (χ4v) is 11.0. The highest BCUT2D eigenvalue weighted by molar-refractivity contribution is 5.97. The van der Waals surface area contributed by atoms with E-state index in [1.54, 1.807) is 69.1 Å². The lowest BCUT2D eigenvalue weighted by Crippen LogP contribution is -2.62. The summed E-state index contributed by atoms with van der Waals surface area (Å²) in [6.45, 7) is 16.9. The minimum atomic E-state index is -0.974. The number of nitrogens with one attached hydrogen (secondary N) is 6. The Hall–Kier alpha value is -7.11. The van der Waals surface area contributed by atoms with E-state index in [-0.39, 0.29) is 68.1 Å². The first kappa shape index (κ1) is 59.5. The van der Waals surface area contributed by atoms with Gasteiger partial charge in [0.25, 0.3) is 5.91 Å². The van der Waals surface area contributed by atoms with Crippen LogP contribution in [-0.4, -0.2) is 126 Å². The lowest BCUT2D eigenvalue weighted by atomic mass is 9.84. The quantitative estimate of drug-likeness (QED) is 0.0694. The Bertz CT molecular complexity index is 2860. The molecule has 9 atom stereocenters. The first-order valence-corrected chi connectivity index (χ1v) is 27.8. The van der Waals surface area contributed by atoms with Crippen molar-refractivity contribution < 1.29 is 38.3 Å². The summed E-state index contributed by atoms with van der Waals surface area (Å²) in [4.78, 5) is 106. The van der Waals surface area contributed by atoms with Crippen LogP contribution in [0.4, 0.5) is 0 Å². The van der Waals surface area contributed by atoms with Gasteiger partial charge < -0.3 is 51.3 Å². The van der Waals surface area contributed by atoms with Gasteiger partial charge in [-0.05, 0) is 117 Å². The molecule has 2 aliphatic heterocycles. The van der Waals surface area contributed by atoms with E-state index in [0.29, 0.717) is 16.9 Å². The molecule has 0 bridgehead atoms. The number of rotatable bonds is 18. The smallest absolute Gasteiger partial charge is 0.251 e. The third kappa shape index (κ3) is 13.8. The Morgan fingerprint density at radius 2 is 1.23 bits per heavy atom. The first-order chi connectivity index (χ1) is 37.4. The number of fused-ring (bicyclic) bond motifs is 2. The number of benzene rings is 4. The maximum absolute atomic E-state index is 15.6. The maximum atomic E-state index is 15.6. The van der Waals surface area contributed by atoms with Crippen LogP contribution in [0.15, 0.2) is 97.1 Å². The minimum Gasteiger partial charge on any atom is -0.496 e. The number of carbonyl (C=O) groups excluding carboxylic acids is 7. The number of nitrogens with zero attached hydrogens (tertiary/aromatic N) is 3. The van der Waals surface area contributed by atoms with Crippen LogP contribution in [0.5, 0.6) is 5.75 Å². The molecule has 0 saturated carbocycles. The van der Waals surface area contributed by atoms with Gasteiger partial charge in [0, 0.05) is 43.2 Å². The molecule has 4 aromatic carbocycles. The van der Waals surface area contributed by atoms with Crippen LogP contribution in [0, 0.1) is 10.8 Å². The van der Waals surface area contributed by atoms with Gasteiger partial charge in [-0.3, -0.25) is 33.6 Å². The molecule has 1 aliphatic carbocycles. The maximum Gasteiger partial charge on any atom is 0.251 e. The Morgan fingerprint density at radius 1 is 0.671 bits per heavy atom. The van der Waals surface area contributed by atoms with Crippen molar-refractivity contribution in [3.05, 3.63) is 136 Å². The SMILES string of the molecule is CNC(C)C(=O)NC(C(=O)N1Cc2ccccc2CC1C(=O)N(Cc1ccc(C(=O)N[C@H]2C[C@@H](C(=O)N[C@@H]3CCCc4ccccc43)N(C(=O)C(NC(=O)C(C)NC)C(C)(C)C)C2)cc1)[C@H](C)c1ccccc1OC)C(C)(C)C. The number of likely N-dealkylation sites (N-methyl/N-ethyl adjacent to an activating group) is 2. The normalized spacial score (nSPS) is 20.0. The van der Waals surface area contributed by atoms with Crippen LogP contribution in [0.1, 0.15) is 137 Å². The van der Waals surface area contributed by atoms with Gasteiger partial charge in [0.05, 0.1) is 31.3 Å². The molecule has 7 amide bonds. The standard InChI is InChI=1S/C62H83N9O8/c1-37(63-10)54(72)67-52(61(4,5)6)59(77)70-35-44-22-14-13-21-43(44)32-50(70)58(76)69(39(3)46-24-17-18-27-51(46)79-12)34-40-28-30-42(31-29-40)56(74)65-45-33-49(57(75)66-48-26-19-23-41-20-15-16-25-47(41)48)71(36-45)60(78)53(62(7,8)9)68-55(73)38(2)64-11/h13-18,20-22,24-25,27-31,37-39,45,48-50,52-53,63-64H,19,23,26,32-36H2,1-12H3,(H,65,74)(H,66,75)(H,67,72)(H,68,73)/t37?,38?,39-,45+,48-,49+,50?,52?,53?/m1/s1. The number of para-hydroxylation sites is 1. The number of hydrogen-bond acceptors (Lipinski definition) is 10. The molecule has 4 aromatic rings. The average Bonchev–Trinajstić information content (AvgIpc) is 4.02. The Labute approximate surface area is 466 Å². The summed E-state index contributed by atoms with van der Waals surface area (Å²) in [5, 5.41) is 18.2. The van der Waals surface area contributed by atoms with E-state index in [4.69, 9.17) is 4.74 Å². The Kier molecular flexibility index (Phi) is 19.1. The van der Waals surface area contributed by atoms with Gasteiger partial charge in [-0.25, -0.2) is 0 Å². The summed E-state index contributed by atoms with van der Waals surface area (Å²) in [5.74, 6) is -1.93. The molecule has 7 rings (SSSR count). The van der Waals surface area contributed by atoms with E-state index in [1.807, 2.05) is 115 Å². The van der Waals surface area contributed by atoms with Crippen LogP contribution in [-0.2, 0) is 54.7 Å². The summed E-state index contributed by atoms with van der Waals surface area (Å²) in [6.07, 6.45) is 2.95. The molecule has 3 aliphatic rings. The number of methoxy groups -OCH3 is 1. The fraction of sp³-hybridized carbons (Fsp3) is 0.500. The van der Waals surface area contributed by atoms with E-state index in [9.17, 15) is 24.0 Å². The van der Waals surface area contributed by atoms with Crippen LogP contribution >= 0.6 is 0 Å². The topological polar surface area (TPSA) is 211 Å². The molecule has 1 saturated heterocycles. The molecule has 1 fully saturated rings. The zero-order valence-electron chi connectivity index (χ0n) is 48.2. The predicted molar refractivity (Wildman–Crippen MR) is 304 cm³/mol. The monoisotopic (exact) mass is 1080 g/mol. The number of hydrogen-bond donors (Lipinski definition) is 6. The number of carbonyl (C=O) groups is 7. The van der Waals surface area contributed by atoms with Crippen LogP contribution < -0.4 is 36.6 Å². The van der Waals surface area contributed by atoms with Crippen LogP contribution in [0.2, 0.25) is 0 Å². The van der Waals surface area contributed by atoms with E-state index >= 15 is 9.59 Å². The predicted octanol–water partition coefficient (Wildman–Crippen LogP) is 5.91. The number of amides is 7. The fourth-order valence-electron chi connectivity index (χ4n) is 11.0. The summed E-state index contributed by atoms with van der Waals surface area (Å²) in [6, 6.07) is 24.0. The number of likely N-dealkylation sites (tertiary alicyclic amines) is 1. The second-order valence-corrected chi connectivity index (χ2v) is 23.7. The van der Waals surface area contributed by atoms with Gasteiger partial charge in [0.1, 0.15) is 29.9 Å². The van der Waals surface area contributed by atoms with Crippen LogP contribution in [0.25, 0.3) is 0 Å². The van der Waals surface area contributed by atoms with Gasteiger partial charge in [0.15, 0.2) is 0 Å². The molecular weight excluding hydrogens is 999 g/mol. The molecular formula is C62H83N9O8. The summed E-state index contributed by atoms with van der Waals surface area (Å²) in [5.41, 5.74) is 4.45. The van der Waals surface area contributed by atoms with Crippen molar-refractivity contribution in [3.63, 3.8) is 0 Å². The number of ether oxygens (including phenoxy) is 1. The van der Waals surface area contributed by atoms with Gasteiger partial charge in [-0.1, -0.05) is 120 Å². The molecule has 0 aromatic heterocycles. The summed E-state index contributed by atoms with van der Waals surface area (Å²) >= 11 is 0. The van der Waals surface area contributed by atoms with Crippen LogP contribution in [0.3, 0.4) is 0 Å². The van der Waals surface area contributed by atoms with E-state index < -0.39 is 71.0 Å². The lowest BCUT2D eigenvalue weighted by Gasteiger charge is -2.43. The van der Waals surface area contributed by atoms with E-state index in [0.717, 1.165) is 41.5 Å². The van der Waals surface area contributed by atoms with Crippen molar-refractivity contribution in [3.8, 4) is 5.75 Å². The molecule has 424 valence electrons. The van der Waals surface area contributed by atoms with Gasteiger partial charge in [-0.15, -0.1) is 0 Å². The second kappa shape index (κ2) is 25.3. The van der Waals surface area contributed by atoms with E-state index in [1.165, 1.54) is 10.5 Å². The van der Waals surface area contributed by atoms with E-state index in [2.05, 4.69) is 38.0 Å². The van der Waals surface area contributed by atoms with Crippen molar-refractivity contribution in [1.82, 2.24) is 46.6 Å². The summed E-state index contributed by atoms with van der Waals surface area (Å²) in [7, 11) is 4.93. The highest BCUT2D eigenvalue weighted by Crippen LogP contribution is 2.36. The lowest BCUT2D eigenvalue weighted by molar-refractivity contribution is -0.152. The Morgan fingerprint density at radius 3 is 1.82 bits per heavy atom. The molecule has 79 heavy (non-hydrogen) atoms. The molecule has 0 radical (unpaired) electrons. The first-order valence-electron chi connectivity index (χ1n) is 27.8. The van der Waals surface area contributed by atoms with Gasteiger partial charge in [0.2, 0.25) is 35.4 Å². The molecule has 17 heteroatoms. The van der Waals surface area contributed by atoms with Crippen molar-refractivity contribution in [2.24, 2.45) is 10.8 Å². The van der Waals surface area contributed by atoms with Crippen molar-refractivity contribution in [2.45, 2.75) is 162 Å². The Balaban J connectivity index is 1.16. The molecule has 6 N–H and O–H groups in total. The minimum absolute atomic E-state index is 0.0348. The molecule has 0 spiro atoms. The molecule has 2 heterocycles. The van der Waals surface area contributed by atoms with Crippen molar-refractivity contribution in [1.29, 1.82) is 0 Å². The zero-order valence-corrected chi connectivity index (χ0v) is 48.2. The largest absolute Gasteiger partial charge is 0.496 e. The van der Waals surface area contributed by atoms with Gasteiger partial charge >= 0.3 is 0 Å². The highest BCUT2D eigenvalue weighted by Gasteiger charge is 2.47. The second-order valence-electron chi connectivity index (χ2n) is 23.7.